The Morgan fingerprint density at radius 2 is 1.89 bits per heavy atom. The first-order valence-corrected chi connectivity index (χ1v) is 6.82. The van der Waals surface area contributed by atoms with Gasteiger partial charge in [-0.2, -0.15) is 13.2 Å². The first-order chi connectivity index (χ1) is 8.74. The number of carbonyl (C=O) groups excluding carboxylic acids is 1. The number of nitrogens with one attached hydrogen (secondary N) is 1. The third-order valence-electron chi connectivity index (χ3n) is 4.28. The van der Waals surface area contributed by atoms with Gasteiger partial charge in [0.05, 0.1) is 11.3 Å². The van der Waals surface area contributed by atoms with E-state index >= 15 is 0 Å². The highest BCUT2D eigenvalue weighted by molar-refractivity contribution is 5.82. The molecule has 3 nitrogen and oxygen atoms in total. The largest absolute Gasteiger partial charge is 0.393 e. The van der Waals surface area contributed by atoms with Crippen LogP contribution in [0.1, 0.15) is 46.0 Å². The van der Waals surface area contributed by atoms with Crippen LogP contribution in [0.5, 0.6) is 0 Å². The second kappa shape index (κ2) is 6.11. The van der Waals surface area contributed by atoms with Crippen molar-refractivity contribution in [2.45, 2.75) is 58.2 Å². The summed E-state index contributed by atoms with van der Waals surface area (Å²) >= 11 is 0. The van der Waals surface area contributed by atoms with Crippen LogP contribution in [0.4, 0.5) is 13.2 Å². The summed E-state index contributed by atoms with van der Waals surface area (Å²) in [6.07, 6.45) is -1.95. The minimum Gasteiger partial charge on any atom is -0.352 e. The van der Waals surface area contributed by atoms with Crippen LogP contribution >= 0.6 is 0 Å². The average Bonchev–Trinajstić information content (AvgIpc) is 2.37. The Hall–Kier alpha value is -0.780. The van der Waals surface area contributed by atoms with Gasteiger partial charge in [-0.05, 0) is 26.2 Å². The number of halogens is 3. The minimum absolute atomic E-state index is 0.0971. The van der Waals surface area contributed by atoms with E-state index in [1.807, 2.05) is 6.92 Å². The molecule has 1 rings (SSSR count). The second-order valence-electron chi connectivity index (χ2n) is 5.63. The molecule has 1 fully saturated rings. The summed E-state index contributed by atoms with van der Waals surface area (Å²) in [5.41, 5.74) is 4.78. The zero-order chi connectivity index (χ0) is 14.7. The van der Waals surface area contributed by atoms with E-state index in [0.717, 1.165) is 6.42 Å². The molecule has 1 amide bonds. The molecule has 19 heavy (non-hydrogen) atoms. The van der Waals surface area contributed by atoms with Gasteiger partial charge in [-0.1, -0.05) is 19.8 Å². The van der Waals surface area contributed by atoms with Crippen LogP contribution in [0.15, 0.2) is 0 Å². The van der Waals surface area contributed by atoms with E-state index in [1.165, 1.54) is 0 Å². The smallest absolute Gasteiger partial charge is 0.352 e. The number of rotatable bonds is 4. The lowest BCUT2D eigenvalue weighted by molar-refractivity contribution is -0.189. The maximum Gasteiger partial charge on any atom is 0.393 e. The van der Waals surface area contributed by atoms with Crippen molar-refractivity contribution in [2.24, 2.45) is 17.1 Å². The maximum absolute atomic E-state index is 12.9. The van der Waals surface area contributed by atoms with Gasteiger partial charge in [0.15, 0.2) is 0 Å². The summed E-state index contributed by atoms with van der Waals surface area (Å²) in [5, 5.41) is 2.58. The highest BCUT2D eigenvalue weighted by Gasteiger charge is 2.46. The number of carbonyl (C=O) groups is 1. The normalized spacial score (nSPS) is 27.7. The lowest BCUT2D eigenvalue weighted by atomic mass is 9.81. The molecule has 0 aromatic rings. The number of amides is 1. The SMILES string of the molecule is CCC(C)(CN)C(=O)NC1CCCCC1C(F)(F)F. The van der Waals surface area contributed by atoms with Crippen molar-refractivity contribution in [1.82, 2.24) is 5.32 Å². The summed E-state index contributed by atoms with van der Waals surface area (Å²) in [5.74, 6) is -1.79. The zero-order valence-corrected chi connectivity index (χ0v) is 11.5. The lowest BCUT2D eigenvalue weighted by Crippen LogP contribution is -2.53. The Labute approximate surface area is 112 Å². The van der Waals surface area contributed by atoms with Crippen molar-refractivity contribution in [2.75, 3.05) is 6.54 Å². The molecule has 112 valence electrons. The Morgan fingerprint density at radius 3 is 2.37 bits per heavy atom. The average molecular weight is 280 g/mol. The first-order valence-electron chi connectivity index (χ1n) is 6.82. The Kier molecular flexibility index (Phi) is 5.24. The molecule has 3 N–H and O–H groups in total. The van der Waals surface area contributed by atoms with Gasteiger partial charge in [0.1, 0.15) is 0 Å². The summed E-state index contributed by atoms with van der Waals surface area (Å²) in [6, 6.07) is -0.807. The van der Waals surface area contributed by atoms with E-state index in [0.29, 0.717) is 19.3 Å². The monoisotopic (exact) mass is 280 g/mol. The van der Waals surface area contributed by atoms with Gasteiger partial charge in [0.25, 0.3) is 0 Å². The molecular weight excluding hydrogens is 257 g/mol. The van der Waals surface area contributed by atoms with Gasteiger partial charge in [0.2, 0.25) is 5.91 Å². The summed E-state index contributed by atoms with van der Waals surface area (Å²) in [4.78, 5) is 12.1. The van der Waals surface area contributed by atoms with E-state index in [2.05, 4.69) is 5.32 Å². The van der Waals surface area contributed by atoms with Gasteiger partial charge >= 0.3 is 6.18 Å². The molecule has 1 aliphatic rings. The molecule has 3 atom stereocenters. The van der Waals surface area contributed by atoms with Gasteiger partial charge < -0.3 is 11.1 Å². The maximum atomic E-state index is 12.9. The van der Waals surface area contributed by atoms with Gasteiger partial charge in [-0.15, -0.1) is 0 Å². The van der Waals surface area contributed by atoms with Crippen molar-refractivity contribution in [3.05, 3.63) is 0 Å². The van der Waals surface area contributed by atoms with Crippen LogP contribution in [0.3, 0.4) is 0 Å². The first kappa shape index (κ1) is 16.3. The molecule has 0 aromatic carbocycles. The highest BCUT2D eigenvalue weighted by Crippen LogP contribution is 2.38. The molecule has 0 spiro atoms. The fourth-order valence-corrected chi connectivity index (χ4v) is 2.44. The predicted molar refractivity (Wildman–Crippen MR) is 67.4 cm³/mol. The topological polar surface area (TPSA) is 55.1 Å². The van der Waals surface area contributed by atoms with Crippen molar-refractivity contribution < 1.29 is 18.0 Å². The van der Waals surface area contributed by atoms with Crippen molar-refractivity contribution in [1.29, 1.82) is 0 Å². The molecule has 0 radical (unpaired) electrons. The van der Waals surface area contributed by atoms with Crippen LogP contribution in [0, 0.1) is 11.3 Å². The number of alkyl halides is 3. The zero-order valence-electron chi connectivity index (χ0n) is 11.5. The number of hydrogen-bond acceptors (Lipinski definition) is 2. The highest BCUT2D eigenvalue weighted by atomic mass is 19.4. The Morgan fingerprint density at radius 1 is 1.32 bits per heavy atom. The van der Waals surface area contributed by atoms with Crippen LogP contribution in [0.2, 0.25) is 0 Å². The van der Waals surface area contributed by atoms with Crippen molar-refractivity contribution >= 4 is 5.91 Å². The standard InChI is InChI=1S/C13H23F3N2O/c1-3-12(2,8-17)11(19)18-10-7-5-4-6-9(10)13(14,15)16/h9-10H,3-8,17H2,1-2H3,(H,18,19). The van der Waals surface area contributed by atoms with E-state index < -0.39 is 23.6 Å². The fourth-order valence-electron chi connectivity index (χ4n) is 2.44. The molecule has 0 aliphatic heterocycles. The summed E-state index contributed by atoms with van der Waals surface area (Å²) < 4.78 is 38.8. The predicted octanol–water partition coefficient (Wildman–Crippen LogP) is 2.60. The molecule has 1 aliphatic carbocycles. The third-order valence-corrected chi connectivity index (χ3v) is 4.28. The van der Waals surface area contributed by atoms with Crippen LogP contribution in [-0.2, 0) is 4.79 Å². The number of nitrogens with two attached hydrogens (primary N) is 1. The van der Waals surface area contributed by atoms with Gasteiger partial charge in [-0.3, -0.25) is 4.79 Å². The molecule has 0 bridgehead atoms. The molecule has 0 aromatic heterocycles. The summed E-state index contributed by atoms with van der Waals surface area (Å²) in [7, 11) is 0. The van der Waals surface area contributed by atoms with Crippen LogP contribution in [0.25, 0.3) is 0 Å². The molecule has 1 saturated carbocycles. The molecular formula is C13H23F3N2O. The Balaban J connectivity index is 2.75. The molecule has 0 saturated heterocycles. The quantitative estimate of drug-likeness (QED) is 0.831. The summed E-state index contributed by atoms with van der Waals surface area (Å²) in [6.45, 7) is 3.64. The fraction of sp³-hybridized carbons (Fsp3) is 0.923. The number of hydrogen-bond donors (Lipinski definition) is 2. The Bertz CT molecular complexity index is 314. The second-order valence-corrected chi connectivity index (χ2v) is 5.63. The van der Waals surface area contributed by atoms with E-state index in [1.54, 1.807) is 6.92 Å². The van der Waals surface area contributed by atoms with Gasteiger partial charge in [-0.25, -0.2) is 0 Å². The van der Waals surface area contributed by atoms with E-state index in [-0.39, 0.29) is 18.9 Å². The van der Waals surface area contributed by atoms with Gasteiger partial charge in [0, 0.05) is 12.6 Å². The van der Waals surface area contributed by atoms with E-state index in [4.69, 9.17) is 5.73 Å². The minimum atomic E-state index is -4.25. The van der Waals surface area contributed by atoms with E-state index in [9.17, 15) is 18.0 Å². The lowest BCUT2D eigenvalue weighted by Gasteiger charge is -2.36. The molecule has 3 unspecified atom stereocenters. The van der Waals surface area contributed by atoms with Crippen LogP contribution < -0.4 is 11.1 Å². The van der Waals surface area contributed by atoms with Crippen molar-refractivity contribution in [3.63, 3.8) is 0 Å². The molecule has 0 heterocycles. The van der Waals surface area contributed by atoms with Crippen molar-refractivity contribution in [3.8, 4) is 0 Å². The molecule has 6 heteroatoms. The third kappa shape index (κ3) is 3.84. The van der Waals surface area contributed by atoms with Crippen LogP contribution in [-0.4, -0.2) is 24.7 Å².